The molecule has 2 fully saturated rings. The van der Waals surface area contributed by atoms with Gasteiger partial charge in [-0.1, -0.05) is 32.1 Å². The SMILES string of the molecule is C=C[C@H]1OC2(CCCC3=Cc4c(cnn4-c4ccc(NC(=C)C)cc4)C[C@@]32C)O[C@@H]1CC. The number of allylic oxidation sites excluding steroid dienone is 1. The van der Waals surface area contributed by atoms with E-state index in [2.05, 4.69) is 62.7 Å². The van der Waals surface area contributed by atoms with Gasteiger partial charge in [-0.3, -0.25) is 0 Å². The number of hydrogen-bond donors (Lipinski definition) is 1. The lowest BCUT2D eigenvalue weighted by Crippen LogP contribution is -2.53. The maximum atomic E-state index is 6.69. The zero-order chi connectivity index (χ0) is 22.5. The van der Waals surface area contributed by atoms with E-state index in [0.29, 0.717) is 0 Å². The number of nitrogens with zero attached hydrogens (tertiary/aromatic N) is 2. The summed E-state index contributed by atoms with van der Waals surface area (Å²) >= 11 is 0. The first-order valence-electron chi connectivity index (χ1n) is 11.7. The molecule has 1 unspecified atom stereocenters. The van der Waals surface area contributed by atoms with E-state index in [-0.39, 0.29) is 17.6 Å². The van der Waals surface area contributed by atoms with Gasteiger partial charge in [-0.2, -0.15) is 5.10 Å². The number of fused-ring (bicyclic) bond motifs is 3. The van der Waals surface area contributed by atoms with Crippen molar-refractivity contribution in [3.05, 3.63) is 72.2 Å². The van der Waals surface area contributed by atoms with Crippen LogP contribution in [0.3, 0.4) is 0 Å². The number of anilines is 1. The van der Waals surface area contributed by atoms with Crippen LogP contribution in [0.1, 0.15) is 57.7 Å². The van der Waals surface area contributed by atoms with Crippen LogP contribution in [-0.4, -0.2) is 27.8 Å². The van der Waals surface area contributed by atoms with E-state index >= 15 is 0 Å². The van der Waals surface area contributed by atoms with E-state index < -0.39 is 5.79 Å². The van der Waals surface area contributed by atoms with Crippen LogP contribution >= 0.6 is 0 Å². The minimum atomic E-state index is -0.591. The van der Waals surface area contributed by atoms with Crippen molar-refractivity contribution in [1.82, 2.24) is 9.78 Å². The molecule has 5 heteroatoms. The van der Waals surface area contributed by atoms with Crippen LogP contribution in [0.15, 0.2) is 61.0 Å². The monoisotopic (exact) mass is 431 g/mol. The van der Waals surface area contributed by atoms with Crippen LogP contribution in [-0.2, 0) is 15.9 Å². The number of aromatic nitrogens is 2. The maximum absolute atomic E-state index is 6.69. The molecule has 0 amide bonds. The van der Waals surface area contributed by atoms with Gasteiger partial charge in [-0.15, -0.1) is 6.58 Å². The highest BCUT2D eigenvalue weighted by Crippen LogP contribution is 2.58. The number of rotatable bonds is 5. The standard InChI is InChI=1S/C27H33N3O2/c1-6-24-25(7-2)32-27(31-24)14-8-9-20-15-23-19(16-26(20,27)5)17-28-30(23)22-12-10-21(11-13-22)29-18(3)4/h6,10-13,15,17,24-25,29H,1,3,7-9,14,16H2,2,4-5H3/t24-,25-,26+,27?/m1/s1. The summed E-state index contributed by atoms with van der Waals surface area (Å²) in [5.74, 6) is -0.591. The molecule has 2 aromatic rings. The van der Waals surface area contributed by atoms with E-state index in [0.717, 1.165) is 49.2 Å². The van der Waals surface area contributed by atoms with Crippen LogP contribution in [0.5, 0.6) is 0 Å². The van der Waals surface area contributed by atoms with Crippen molar-refractivity contribution in [2.75, 3.05) is 5.32 Å². The zero-order valence-electron chi connectivity index (χ0n) is 19.4. The molecule has 5 rings (SSSR count). The van der Waals surface area contributed by atoms with E-state index in [1.165, 1.54) is 16.8 Å². The van der Waals surface area contributed by atoms with Crippen molar-refractivity contribution in [1.29, 1.82) is 0 Å². The molecular formula is C27H33N3O2. The third-order valence-corrected chi connectivity index (χ3v) is 7.38. The first-order valence-corrected chi connectivity index (χ1v) is 11.7. The first kappa shape index (κ1) is 21.2. The van der Waals surface area contributed by atoms with Gasteiger partial charge >= 0.3 is 0 Å². The number of benzene rings is 1. The molecule has 32 heavy (non-hydrogen) atoms. The minimum absolute atomic E-state index is 0.0494. The number of hydrogen-bond acceptors (Lipinski definition) is 4. The van der Waals surface area contributed by atoms with Crippen molar-refractivity contribution in [2.24, 2.45) is 5.41 Å². The minimum Gasteiger partial charge on any atom is -0.360 e. The second kappa shape index (κ2) is 7.75. The molecule has 1 N–H and O–H groups in total. The van der Waals surface area contributed by atoms with Gasteiger partial charge in [0.25, 0.3) is 0 Å². The zero-order valence-corrected chi connectivity index (χ0v) is 19.4. The maximum Gasteiger partial charge on any atom is 0.178 e. The Morgan fingerprint density at radius 3 is 2.75 bits per heavy atom. The Bertz CT molecular complexity index is 1080. The van der Waals surface area contributed by atoms with Crippen molar-refractivity contribution in [3.63, 3.8) is 0 Å². The fraction of sp³-hybridized carbons (Fsp3) is 0.444. The summed E-state index contributed by atoms with van der Waals surface area (Å²) < 4.78 is 15.4. The van der Waals surface area contributed by atoms with Gasteiger partial charge in [0.1, 0.15) is 6.10 Å². The molecule has 3 aliphatic rings. The molecule has 2 heterocycles. The largest absolute Gasteiger partial charge is 0.360 e. The Balaban J connectivity index is 1.50. The van der Waals surface area contributed by atoms with E-state index in [1.54, 1.807) is 0 Å². The van der Waals surface area contributed by atoms with E-state index in [9.17, 15) is 0 Å². The summed E-state index contributed by atoms with van der Waals surface area (Å²) in [5.41, 5.74) is 6.61. The molecule has 5 nitrogen and oxygen atoms in total. The highest BCUT2D eigenvalue weighted by molar-refractivity contribution is 5.62. The van der Waals surface area contributed by atoms with Crippen LogP contribution in [0.4, 0.5) is 5.69 Å². The van der Waals surface area contributed by atoms with Crippen molar-refractivity contribution >= 4 is 11.8 Å². The summed E-state index contributed by atoms with van der Waals surface area (Å²) in [5, 5.41) is 8.02. The highest BCUT2D eigenvalue weighted by atomic mass is 16.8. The molecule has 2 aliphatic carbocycles. The molecular weight excluding hydrogens is 398 g/mol. The molecule has 1 saturated carbocycles. The van der Waals surface area contributed by atoms with Crippen LogP contribution in [0, 0.1) is 5.41 Å². The van der Waals surface area contributed by atoms with Crippen LogP contribution < -0.4 is 5.32 Å². The summed E-state index contributed by atoms with van der Waals surface area (Å²) in [6.07, 6.45) is 11.1. The van der Waals surface area contributed by atoms with E-state index in [1.807, 2.05) is 23.9 Å². The predicted octanol–water partition coefficient (Wildman–Crippen LogP) is 6.02. The topological polar surface area (TPSA) is 48.3 Å². The molecule has 1 aliphatic heterocycles. The Kier molecular flexibility index (Phi) is 5.14. The molecule has 0 radical (unpaired) electrons. The quantitative estimate of drug-likeness (QED) is 0.588. The second-order valence-corrected chi connectivity index (χ2v) is 9.59. The summed E-state index contributed by atoms with van der Waals surface area (Å²) in [4.78, 5) is 0. The fourth-order valence-corrected chi connectivity index (χ4v) is 5.68. The predicted molar refractivity (Wildman–Crippen MR) is 129 cm³/mol. The van der Waals surface area contributed by atoms with Gasteiger partial charge in [0.05, 0.1) is 23.7 Å². The molecule has 1 aromatic heterocycles. The van der Waals surface area contributed by atoms with Gasteiger partial charge in [0, 0.05) is 23.2 Å². The lowest BCUT2D eigenvalue weighted by molar-refractivity contribution is -0.246. The third kappa shape index (κ3) is 3.18. The average molecular weight is 432 g/mol. The van der Waals surface area contributed by atoms with Crippen molar-refractivity contribution < 1.29 is 9.47 Å². The van der Waals surface area contributed by atoms with Gasteiger partial charge in [0.15, 0.2) is 5.79 Å². The van der Waals surface area contributed by atoms with Crippen LogP contribution in [0.25, 0.3) is 11.8 Å². The first-order chi connectivity index (χ1) is 15.4. The van der Waals surface area contributed by atoms with E-state index in [4.69, 9.17) is 14.6 Å². The fourth-order valence-electron chi connectivity index (χ4n) is 5.68. The Labute approximate surface area is 190 Å². The lowest BCUT2D eigenvalue weighted by atomic mass is 9.62. The van der Waals surface area contributed by atoms with Crippen molar-refractivity contribution in [3.8, 4) is 5.69 Å². The van der Waals surface area contributed by atoms with Gasteiger partial charge in [-0.25, -0.2) is 4.68 Å². The van der Waals surface area contributed by atoms with Crippen molar-refractivity contribution in [2.45, 2.75) is 70.9 Å². The Hall–Kier alpha value is -2.63. The molecule has 4 atom stereocenters. The third-order valence-electron chi connectivity index (χ3n) is 7.38. The van der Waals surface area contributed by atoms with Gasteiger partial charge in [0.2, 0.25) is 0 Å². The van der Waals surface area contributed by atoms with Gasteiger partial charge < -0.3 is 14.8 Å². The van der Waals surface area contributed by atoms with Crippen LogP contribution in [0.2, 0.25) is 0 Å². The Morgan fingerprint density at radius 2 is 2.09 bits per heavy atom. The number of ether oxygens (including phenoxy) is 2. The molecule has 1 saturated heterocycles. The molecule has 0 bridgehead atoms. The second-order valence-electron chi connectivity index (χ2n) is 9.59. The highest BCUT2D eigenvalue weighted by Gasteiger charge is 2.61. The average Bonchev–Trinajstić information content (AvgIpc) is 3.35. The summed E-state index contributed by atoms with van der Waals surface area (Å²) in [7, 11) is 0. The molecule has 168 valence electrons. The molecule has 1 aromatic carbocycles. The summed E-state index contributed by atoms with van der Waals surface area (Å²) in [6, 6.07) is 8.32. The summed E-state index contributed by atoms with van der Waals surface area (Å²) in [6.45, 7) is 14.3. The normalized spacial score (nSPS) is 31.0. The van der Waals surface area contributed by atoms with Gasteiger partial charge in [-0.05, 0) is 68.5 Å². The Morgan fingerprint density at radius 1 is 1.31 bits per heavy atom. The lowest BCUT2D eigenvalue weighted by Gasteiger charge is -2.51. The number of nitrogens with one attached hydrogen (secondary N) is 1. The molecule has 1 spiro atoms. The smallest absolute Gasteiger partial charge is 0.178 e.